The summed E-state index contributed by atoms with van der Waals surface area (Å²) in [7, 11) is 0. The standard InChI is InChI=1S/C16H21NO/c1-3-5-8-11-17-12-14(16(18)4-2)13-9-6-7-10-15(13)17/h6-7,9-10,12H,3-5,8,11H2,1-2H3. The first-order valence-corrected chi connectivity index (χ1v) is 6.89. The summed E-state index contributed by atoms with van der Waals surface area (Å²) in [6, 6.07) is 8.20. The minimum absolute atomic E-state index is 0.237. The lowest BCUT2D eigenvalue weighted by Crippen LogP contribution is -1.97. The summed E-state index contributed by atoms with van der Waals surface area (Å²) >= 11 is 0. The van der Waals surface area contributed by atoms with Gasteiger partial charge in [-0.05, 0) is 12.5 Å². The Morgan fingerprint density at radius 1 is 1.17 bits per heavy atom. The molecule has 0 radical (unpaired) electrons. The van der Waals surface area contributed by atoms with Gasteiger partial charge in [-0.3, -0.25) is 4.79 Å². The van der Waals surface area contributed by atoms with Gasteiger partial charge in [0.25, 0.3) is 0 Å². The Kier molecular flexibility index (Phi) is 4.19. The van der Waals surface area contributed by atoms with Crippen LogP contribution in [0.15, 0.2) is 30.5 Å². The van der Waals surface area contributed by atoms with E-state index in [1.54, 1.807) is 0 Å². The van der Waals surface area contributed by atoms with E-state index >= 15 is 0 Å². The number of carbonyl (C=O) groups is 1. The monoisotopic (exact) mass is 243 g/mol. The molecule has 0 amide bonds. The number of fused-ring (bicyclic) bond motifs is 1. The van der Waals surface area contributed by atoms with Gasteiger partial charge in [-0.1, -0.05) is 44.9 Å². The number of unbranched alkanes of at least 4 members (excludes halogenated alkanes) is 2. The number of aryl methyl sites for hydroxylation is 1. The third-order valence-electron chi connectivity index (χ3n) is 3.41. The van der Waals surface area contributed by atoms with Crippen molar-refractivity contribution >= 4 is 16.7 Å². The van der Waals surface area contributed by atoms with Crippen LogP contribution in [0, 0.1) is 0 Å². The number of para-hydroxylation sites is 1. The second-order valence-electron chi connectivity index (χ2n) is 4.74. The molecule has 0 atom stereocenters. The molecule has 0 spiro atoms. The van der Waals surface area contributed by atoms with Gasteiger partial charge < -0.3 is 4.57 Å². The first-order valence-electron chi connectivity index (χ1n) is 6.89. The first-order chi connectivity index (χ1) is 8.77. The van der Waals surface area contributed by atoms with Gasteiger partial charge >= 0.3 is 0 Å². The number of aromatic nitrogens is 1. The van der Waals surface area contributed by atoms with Crippen LogP contribution in [0.4, 0.5) is 0 Å². The summed E-state index contributed by atoms with van der Waals surface area (Å²) in [6.45, 7) is 5.14. The number of hydrogen-bond acceptors (Lipinski definition) is 1. The minimum Gasteiger partial charge on any atom is -0.347 e. The number of carbonyl (C=O) groups excluding carboxylic acids is 1. The molecule has 1 aromatic heterocycles. The van der Waals surface area contributed by atoms with Crippen LogP contribution in [-0.4, -0.2) is 10.4 Å². The van der Waals surface area contributed by atoms with Gasteiger partial charge in [0.15, 0.2) is 5.78 Å². The van der Waals surface area contributed by atoms with Crippen LogP contribution in [0.2, 0.25) is 0 Å². The highest BCUT2D eigenvalue weighted by molar-refractivity contribution is 6.07. The molecule has 1 heterocycles. The maximum absolute atomic E-state index is 12.0. The Morgan fingerprint density at radius 3 is 2.67 bits per heavy atom. The molecule has 1 aromatic carbocycles. The smallest absolute Gasteiger partial charge is 0.164 e. The van der Waals surface area contributed by atoms with E-state index < -0.39 is 0 Å². The second kappa shape index (κ2) is 5.85. The third-order valence-corrected chi connectivity index (χ3v) is 3.41. The van der Waals surface area contributed by atoms with Gasteiger partial charge in [0, 0.05) is 35.6 Å². The molecule has 2 nitrogen and oxygen atoms in total. The molecular weight excluding hydrogens is 222 g/mol. The van der Waals surface area contributed by atoms with Crippen LogP contribution in [-0.2, 0) is 6.54 Å². The van der Waals surface area contributed by atoms with Gasteiger partial charge in [0.05, 0.1) is 0 Å². The van der Waals surface area contributed by atoms with E-state index in [-0.39, 0.29) is 5.78 Å². The van der Waals surface area contributed by atoms with Crippen molar-refractivity contribution in [2.75, 3.05) is 0 Å². The van der Waals surface area contributed by atoms with E-state index in [1.165, 1.54) is 24.8 Å². The molecule has 18 heavy (non-hydrogen) atoms. The molecule has 96 valence electrons. The summed E-state index contributed by atoms with van der Waals surface area (Å²) in [4.78, 5) is 12.0. The van der Waals surface area contributed by atoms with Gasteiger partial charge in [-0.15, -0.1) is 0 Å². The van der Waals surface area contributed by atoms with Crippen LogP contribution in [0.3, 0.4) is 0 Å². The van der Waals surface area contributed by atoms with Crippen molar-refractivity contribution in [3.63, 3.8) is 0 Å². The molecule has 0 aliphatic carbocycles. The second-order valence-corrected chi connectivity index (χ2v) is 4.74. The number of ketones is 1. The number of Topliss-reactive ketones (excluding diaryl/α,β-unsaturated/α-hetero) is 1. The molecule has 2 aromatic rings. The van der Waals surface area contributed by atoms with Crippen molar-refractivity contribution in [3.8, 4) is 0 Å². The molecule has 2 rings (SSSR count). The van der Waals surface area contributed by atoms with E-state index in [9.17, 15) is 4.79 Å². The van der Waals surface area contributed by atoms with Crippen LogP contribution in [0.5, 0.6) is 0 Å². The maximum Gasteiger partial charge on any atom is 0.164 e. The molecule has 0 aliphatic heterocycles. The van der Waals surface area contributed by atoms with Crippen LogP contribution < -0.4 is 0 Å². The molecule has 0 saturated heterocycles. The fourth-order valence-electron chi connectivity index (χ4n) is 2.38. The fourth-order valence-corrected chi connectivity index (χ4v) is 2.38. The predicted octanol–water partition coefficient (Wildman–Crippen LogP) is 4.42. The third kappa shape index (κ3) is 2.47. The van der Waals surface area contributed by atoms with Crippen molar-refractivity contribution < 1.29 is 4.79 Å². The predicted molar refractivity (Wildman–Crippen MR) is 76.1 cm³/mol. The number of rotatable bonds is 6. The minimum atomic E-state index is 0.237. The molecule has 0 saturated carbocycles. The summed E-state index contributed by atoms with van der Waals surface area (Å²) in [6.07, 6.45) is 6.24. The highest BCUT2D eigenvalue weighted by Crippen LogP contribution is 2.23. The lowest BCUT2D eigenvalue weighted by Gasteiger charge is -2.03. The van der Waals surface area contributed by atoms with Crippen molar-refractivity contribution in [1.29, 1.82) is 0 Å². The normalized spacial score (nSPS) is 11.0. The van der Waals surface area contributed by atoms with Gasteiger partial charge in [-0.2, -0.15) is 0 Å². The van der Waals surface area contributed by atoms with Gasteiger partial charge in [0.2, 0.25) is 0 Å². The quantitative estimate of drug-likeness (QED) is 0.543. The van der Waals surface area contributed by atoms with E-state index in [4.69, 9.17) is 0 Å². The Bertz CT molecular complexity index is 539. The number of hydrogen-bond donors (Lipinski definition) is 0. The first kappa shape index (κ1) is 12.9. The zero-order valence-corrected chi connectivity index (χ0v) is 11.3. The Morgan fingerprint density at radius 2 is 1.94 bits per heavy atom. The van der Waals surface area contributed by atoms with Crippen molar-refractivity contribution in [3.05, 3.63) is 36.0 Å². The van der Waals surface area contributed by atoms with Gasteiger partial charge in [-0.25, -0.2) is 0 Å². The average Bonchev–Trinajstić information content (AvgIpc) is 2.78. The van der Waals surface area contributed by atoms with Crippen LogP contribution in [0.1, 0.15) is 49.9 Å². The molecular formula is C16H21NO. The van der Waals surface area contributed by atoms with E-state index in [0.717, 1.165) is 17.5 Å². The summed E-state index contributed by atoms with van der Waals surface area (Å²) in [5.74, 6) is 0.237. The molecule has 0 fully saturated rings. The average molecular weight is 243 g/mol. The Balaban J connectivity index is 2.38. The summed E-state index contributed by atoms with van der Waals surface area (Å²) < 4.78 is 2.23. The van der Waals surface area contributed by atoms with Crippen LogP contribution >= 0.6 is 0 Å². The zero-order chi connectivity index (χ0) is 13.0. The number of nitrogens with zero attached hydrogens (tertiary/aromatic N) is 1. The fraction of sp³-hybridized carbons (Fsp3) is 0.438. The SMILES string of the molecule is CCCCCn1cc(C(=O)CC)c2ccccc21. The molecule has 0 aliphatic rings. The highest BCUT2D eigenvalue weighted by Gasteiger charge is 2.12. The molecule has 2 heteroatoms. The van der Waals surface area contributed by atoms with E-state index in [1.807, 2.05) is 25.3 Å². The van der Waals surface area contributed by atoms with Crippen molar-refractivity contribution in [1.82, 2.24) is 4.57 Å². The Labute approximate surface area is 109 Å². The van der Waals surface area contributed by atoms with E-state index in [0.29, 0.717) is 6.42 Å². The largest absolute Gasteiger partial charge is 0.347 e. The molecule has 0 bridgehead atoms. The zero-order valence-electron chi connectivity index (χ0n) is 11.3. The topological polar surface area (TPSA) is 22.0 Å². The van der Waals surface area contributed by atoms with Crippen molar-refractivity contribution in [2.24, 2.45) is 0 Å². The summed E-state index contributed by atoms with van der Waals surface area (Å²) in [5, 5.41) is 1.10. The molecule has 0 N–H and O–H groups in total. The summed E-state index contributed by atoms with van der Waals surface area (Å²) in [5.41, 5.74) is 2.06. The lowest BCUT2D eigenvalue weighted by atomic mass is 10.1. The van der Waals surface area contributed by atoms with E-state index in [2.05, 4.69) is 23.6 Å². The van der Waals surface area contributed by atoms with Crippen LogP contribution in [0.25, 0.3) is 10.9 Å². The molecule has 0 unspecified atom stereocenters. The maximum atomic E-state index is 12.0. The van der Waals surface area contributed by atoms with Crippen molar-refractivity contribution in [2.45, 2.75) is 46.1 Å². The number of benzene rings is 1. The lowest BCUT2D eigenvalue weighted by molar-refractivity contribution is 0.0989. The highest BCUT2D eigenvalue weighted by atomic mass is 16.1. The van der Waals surface area contributed by atoms with Gasteiger partial charge in [0.1, 0.15) is 0 Å². The Hall–Kier alpha value is -1.57.